The van der Waals surface area contributed by atoms with Gasteiger partial charge in [-0.1, -0.05) is 0 Å². The lowest BCUT2D eigenvalue weighted by Crippen LogP contribution is -2.22. The number of rotatable bonds is 6. The van der Waals surface area contributed by atoms with Crippen molar-refractivity contribution in [1.29, 1.82) is 0 Å². The minimum atomic E-state index is -0.766. The molecule has 0 aliphatic heterocycles. The summed E-state index contributed by atoms with van der Waals surface area (Å²) in [6.07, 6.45) is 1.09. The normalized spacial score (nSPS) is 12.8. The van der Waals surface area contributed by atoms with Crippen molar-refractivity contribution in [2.45, 2.75) is 12.6 Å². The maximum absolute atomic E-state index is 9.25. The Morgan fingerprint density at radius 3 is 2.89 bits per heavy atom. The summed E-state index contributed by atoms with van der Waals surface area (Å²) in [5.74, 6) is 0. The Labute approximate surface area is 104 Å². The molecule has 0 saturated heterocycles. The molecule has 0 aliphatic carbocycles. The molecule has 0 radical (unpaired) electrons. The summed E-state index contributed by atoms with van der Waals surface area (Å²) < 4.78 is 1.69. The number of fused-ring (bicyclic) bond motifs is 1. The molecule has 0 fully saturated rings. The number of hydrogen-bond donors (Lipinski definition) is 4. The van der Waals surface area contributed by atoms with Gasteiger partial charge in [0, 0.05) is 23.8 Å². The molecule has 0 aliphatic rings. The van der Waals surface area contributed by atoms with Crippen molar-refractivity contribution < 1.29 is 15.3 Å². The van der Waals surface area contributed by atoms with Crippen LogP contribution in [-0.2, 0) is 6.54 Å². The molecule has 1 aromatic heterocycles. The summed E-state index contributed by atoms with van der Waals surface area (Å²) in [5.41, 5.74) is 1.72. The van der Waals surface area contributed by atoms with Crippen LogP contribution in [0.2, 0.25) is 0 Å². The fourth-order valence-electron chi connectivity index (χ4n) is 1.70. The van der Waals surface area contributed by atoms with E-state index in [2.05, 4.69) is 10.4 Å². The molecule has 0 saturated carbocycles. The number of anilines is 1. The standard InChI is InChI=1S/C12H17N3O3/c16-4-3-15-7-9-5-10(1-2-12(9)14-15)13-6-11(18)8-17/h1-2,5,7,11,13,16-18H,3-4,6,8H2. The molecule has 1 heterocycles. The predicted molar refractivity (Wildman–Crippen MR) is 68.4 cm³/mol. The van der Waals surface area contributed by atoms with Gasteiger partial charge in [0.25, 0.3) is 0 Å². The molecule has 2 aromatic rings. The lowest BCUT2D eigenvalue weighted by molar-refractivity contribution is 0.105. The molecular formula is C12H17N3O3. The number of nitrogens with zero attached hydrogens (tertiary/aromatic N) is 2. The van der Waals surface area contributed by atoms with Gasteiger partial charge in [-0.25, -0.2) is 0 Å². The van der Waals surface area contributed by atoms with E-state index >= 15 is 0 Å². The zero-order chi connectivity index (χ0) is 13.0. The molecule has 0 amide bonds. The minimum absolute atomic E-state index is 0.0573. The van der Waals surface area contributed by atoms with E-state index in [1.807, 2.05) is 24.4 Å². The second kappa shape index (κ2) is 5.81. The summed E-state index contributed by atoms with van der Waals surface area (Å²) >= 11 is 0. The highest BCUT2D eigenvalue weighted by Gasteiger charge is 2.04. The highest BCUT2D eigenvalue weighted by molar-refractivity contribution is 5.81. The number of benzene rings is 1. The molecule has 2 rings (SSSR count). The number of aromatic nitrogens is 2. The van der Waals surface area contributed by atoms with E-state index < -0.39 is 6.10 Å². The van der Waals surface area contributed by atoms with Gasteiger partial charge in [0.1, 0.15) is 0 Å². The van der Waals surface area contributed by atoms with Crippen LogP contribution < -0.4 is 5.32 Å². The Morgan fingerprint density at radius 2 is 2.17 bits per heavy atom. The Hall–Kier alpha value is -1.63. The second-order valence-corrected chi connectivity index (χ2v) is 4.11. The van der Waals surface area contributed by atoms with Crippen molar-refractivity contribution in [3.05, 3.63) is 24.4 Å². The third-order valence-electron chi connectivity index (χ3n) is 2.63. The summed E-state index contributed by atoms with van der Waals surface area (Å²) in [7, 11) is 0. The smallest absolute Gasteiger partial charge is 0.0942 e. The van der Waals surface area contributed by atoms with Gasteiger partial charge < -0.3 is 20.6 Å². The van der Waals surface area contributed by atoms with Gasteiger partial charge in [-0.2, -0.15) is 5.10 Å². The van der Waals surface area contributed by atoms with E-state index in [0.29, 0.717) is 13.1 Å². The van der Waals surface area contributed by atoms with Crippen LogP contribution in [0.1, 0.15) is 0 Å². The van der Waals surface area contributed by atoms with E-state index in [4.69, 9.17) is 10.2 Å². The molecule has 4 N–H and O–H groups in total. The minimum Gasteiger partial charge on any atom is -0.394 e. The first kappa shape index (κ1) is 12.8. The SMILES string of the molecule is OCCn1cc2cc(NCC(O)CO)ccc2n1. The monoisotopic (exact) mass is 251 g/mol. The maximum atomic E-state index is 9.25. The van der Waals surface area contributed by atoms with Gasteiger partial charge >= 0.3 is 0 Å². The van der Waals surface area contributed by atoms with Gasteiger partial charge in [0.2, 0.25) is 0 Å². The Kier molecular flexibility index (Phi) is 4.14. The van der Waals surface area contributed by atoms with Crippen LogP contribution in [0.3, 0.4) is 0 Å². The van der Waals surface area contributed by atoms with Crippen molar-refractivity contribution in [2.75, 3.05) is 25.1 Å². The lowest BCUT2D eigenvalue weighted by atomic mass is 10.2. The highest BCUT2D eigenvalue weighted by atomic mass is 16.3. The van der Waals surface area contributed by atoms with Crippen molar-refractivity contribution in [3.8, 4) is 0 Å². The van der Waals surface area contributed by atoms with Crippen molar-refractivity contribution >= 4 is 16.6 Å². The Bertz CT molecular complexity index is 512. The van der Waals surface area contributed by atoms with Gasteiger partial charge in [-0.3, -0.25) is 4.68 Å². The Balaban J connectivity index is 2.11. The number of hydrogen-bond acceptors (Lipinski definition) is 5. The van der Waals surface area contributed by atoms with Crippen LogP contribution in [0.4, 0.5) is 5.69 Å². The molecular weight excluding hydrogens is 234 g/mol. The topological polar surface area (TPSA) is 90.5 Å². The van der Waals surface area contributed by atoms with Gasteiger partial charge in [-0.15, -0.1) is 0 Å². The zero-order valence-corrected chi connectivity index (χ0v) is 9.95. The van der Waals surface area contributed by atoms with E-state index in [9.17, 15) is 5.11 Å². The van der Waals surface area contributed by atoms with Crippen LogP contribution in [0.25, 0.3) is 10.9 Å². The van der Waals surface area contributed by atoms with Crippen molar-refractivity contribution in [2.24, 2.45) is 0 Å². The molecule has 1 aromatic carbocycles. The van der Waals surface area contributed by atoms with E-state index in [1.165, 1.54) is 0 Å². The van der Waals surface area contributed by atoms with Crippen LogP contribution in [0.15, 0.2) is 24.4 Å². The van der Waals surface area contributed by atoms with Crippen molar-refractivity contribution in [1.82, 2.24) is 9.78 Å². The number of aliphatic hydroxyl groups is 3. The average Bonchev–Trinajstić information content (AvgIpc) is 2.77. The Morgan fingerprint density at radius 1 is 1.33 bits per heavy atom. The molecule has 0 bridgehead atoms. The molecule has 1 atom stereocenters. The lowest BCUT2D eigenvalue weighted by Gasteiger charge is -2.09. The molecule has 6 heteroatoms. The van der Waals surface area contributed by atoms with Crippen molar-refractivity contribution in [3.63, 3.8) is 0 Å². The third-order valence-corrected chi connectivity index (χ3v) is 2.63. The summed E-state index contributed by atoms with van der Waals surface area (Å²) in [6.45, 7) is 0.568. The van der Waals surface area contributed by atoms with Gasteiger partial charge in [0.15, 0.2) is 0 Å². The molecule has 6 nitrogen and oxygen atoms in total. The number of aliphatic hydroxyl groups excluding tert-OH is 3. The molecule has 0 spiro atoms. The largest absolute Gasteiger partial charge is 0.394 e. The third kappa shape index (κ3) is 2.98. The van der Waals surface area contributed by atoms with Crippen LogP contribution in [0.5, 0.6) is 0 Å². The van der Waals surface area contributed by atoms with Crippen LogP contribution >= 0.6 is 0 Å². The first-order valence-electron chi connectivity index (χ1n) is 5.84. The number of nitrogens with one attached hydrogen (secondary N) is 1. The predicted octanol–water partition coefficient (Wildman–Crippen LogP) is -0.206. The zero-order valence-electron chi connectivity index (χ0n) is 9.95. The van der Waals surface area contributed by atoms with Gasteiger partial charge in [0.05, 0.1) is 31.4 Å². The van der Waals surface area contributed by atoms with E-state index in [-0.39, 0.29) is 13.2 Å². The van der Waals surface area contributed by atoms with Crippen LogP contribution in [0, 0.1) is 0 Å². The fraction of sp³-hybridized carbons (Fsp3) is 0.417. The fourth-order valence-corrected chi connectivity index (χ4v) is 1.70. The molecule has 98 valence electrons. The average molecular weight is 251 g/mol. The van der Waals surface area contributed by atoms with Crippen LogP contribution in [-0.4, -0.2) is 51.0 Å². The summed E-state index contributed by atoms with van der Waals surface area (Å²) in [4.78, 5) is 0. The first-order valence-corrected chi connectivity index (χ1v) is 5.84. The first-order chi connectivity index (χ1) is 8.72. The second-order valence-electron chi connectivity index (χ2n) is 4.11. The maximum Gasteiger partial charge on any atom is 0.0942 e. The quantitative estimate of drug-likeness (QED) is 0.570. The highest BCUT2D eigenvalue weighted by Crippen LogP contribution is 2.17. The van der Waals surface area contributed by atoms with Gasteiger partial charge in [-0.05, 0) is 18.2 Å². The molecule has 1 unspecified atom stereocenters. The van der Waals surface area contributed by atoms with E-state index in [0.717, 1.165) is 16.6 Å². The van der Waals surface area contributed by atoms with E-state index in [1.54, 1.807) is 4.68 Å². The summed E-state index contributed by atoms with van der Waals surface area (Å²) in [5, 5.41) is 35.1. The molecule has 18 heavy (non-hydrogen) atoms. The summed E-state index contributed by atoms with van der Waals surface area (Å²) in [6, 6.07) is 5.65.